The van der Waals surface area contributed by atoms with E-state index in [-0.39, 0.29) is 0 Å². The minimum absolute atomic E-state index is 0.639. The number of fused-ring (bicyclic) bond motifs is 4. The normalized spacial score (nSPS) is 21.1. The zero-order valence-corrected chi connectivity index (χ0v) is 22.9. The molecule has 39 heavy (non-hydrogen) atoms. The van der Waals surface area contributed by atoms with Gasteiger partial charge in [0.15, 0.2) is 11.9 Å². The maximum absolute atomic E-state index is 7.89. The van der Waals surface area contributed by atoms with Gasteiger partial charge in [0.25, 0.3) is 0 Å². The van der Waals surface area contributed by atoms with E-state index in [4.69, 9.17) is 11.0 Å². The molecule has 0 bridgehead atoms. The van der Waals surface area contributed by atoms with Crippen LogP contribution in [-0.4, -0.2) is 0 Å². The van der Waals surface area contributed by atoms with Crippen LogP contribution in [0.1, 0.15) is 62.0 Å². The van der Waals surface area contributed by atoms with E-state index in [2.05, 4.69) is 84.2 Å². The van der Waals surface area contributed by atoms with Gasteiger partial charge in [-0.1, -0.05) is 74.2 Å². The highest BCUT2D eigenvalue weighted by atomic mass is 16.3. The first-order valence-electron chi connectivity index (χ1n) is 14.5. The molecule has 2 saturated carbocycles. The van der Waals surface area contributed by atoms with Gasteiger partial charge in [-0.05, 0) is 66.7 Å². The van der Waals surface area contributed by atoms with E-state index in [0.717, 1.165) is 61.7 Å². The van der Waals surface area contributed by atoms with Crippen molar-refractivity contribution in [3.63, 3.8) is 0 Å². The summed E-state index contributed by atoms with van der Waals surface area (Å²) in [7, 11) is 2.06. The molecule has 3 atom stereocenters. The molecule has 7 rings (SSSR count). The van der Waals surface area contributed by atoms with Crippen LogP contribution in [-0.2, 0) is 7.05 Å². The van der Waals surface area contributed by atoms with Crippen molar-refractivity contribution in [1.82, 2.24) is 0 Å². The quantitative estimate of drug-likeness (QED) is 0.174. The molecular weight excluding hydrogens is 476 g/mol. The Morgan fingerprint density at radius 1 is 0.846 bits per heavy atom. The highest BCUT2D eigenvalue weighted by Gasteiger charge is 2.32. The van der Waals surface area contributed by atoms with Gasteiger partial charge in [0.05, 0.1) is 12.1 Å². The fraction of sp³-hybridized carbons (Fsp3) is 0.333. The van der Waals surface area contributed by atoms with Gasteiger partial charge in [-0.3, -0.25) is 0 Å². The fourth-order valence-corrected chi connectivity index (χ4v) is 7.56. The highest BCUT2D eigenvalue weighted by molar-refractivity contribution is 6.18. The molecular formula is C36H35N2O+. The number of nitrogens with zero attached hydrogens (tertiary/aromatic N) is 2. The monoisotopic (exact) mass is 511 g/mol. The maximum atomic E-state index is 7.89. The van der Waals surface area contributed by atoms with E-state index in [1.54, 1.807) is 0 Å². The molecule has 0 N–H and O–H groups in total. The second-order valence-corrected chi connectivity index (χ2v) is 11.8. The van der Waals surface area contributed by atoms with Crippen molar-refractivity contribution in [2.24, 2.45) is 18.9 Å². The molecule has 3 unspecified atom stereocenters. The predicted octanol–water partition coefficient (Wildman–Crippen LogP) is 9.68. The van der Waals surface area contributed by atoms with Gasteiger partial charge in [0.2, 0.25) is 5.69 Å². The molecule has 2 aliphatic carbocycles. The van der Waals surface area contributed by atoms with Gasteiger partial charge >= 0.3 is 0 Å². The number of pyridine rings is 1. The maximum Gasteiger partial charge on any atom is 0.216 e. The minimum atomic E-state index is 0.639. The summed E-state index contributed by atoms with van der Waals surface area (Å²) in [4.78, 5) is 3.89. The number of aryl methyl sites for hydroxylation is 2. The van der Waals surface area contributed by atoms with Crippen LogP contribution in [0.3, 0.4) is 0 Å². The second kappa shape index (κ2) is 9.69. The van der Waals surface area contributed by atoms with E-state index in [0.29, 0.717) is 11.6 Å². The first kappa shape index (κ1) is 24.2. The summed E-state index contributed by atoms with van der Waals surface area (Å²) in [5.41, 5.74) is 9.32. The molecule has 0 radical (unpaired) electrons. The summed E-state index contributed by atoms with van der Waals surface area (Å²) < 4.78 is 8.88. The van der Waals surface area contributed by atoms with Crippen LogP contribution in [0.2, 0.25) is 0 Å². The zero-order chi connectivity index (χ0) is 26.5. The fourth-order valence-electron chi connectivity index (χ4n) is 7.56. The Morgan fingerprint density at radius 3 is 2.46 bits per heavy atom. The average molecular weight is 512 g/mol. The van der Waals surface area contributed by atoms with Gasteiger partial charge in [-0.25, -0.2) is 9.41 Å². The van der Waals surface area contributed by atoms with Crippen molar-refractivity contribution in [2.45, 2.75) is 57.8 Å². The molecule has 2 aliphatic rings. The molecule has 194 valence electrons. The minimum Gasteiger partial charge on any atom is -0.456 e. The summed E-state index contributed by atoms with van der Waals surface area (Å²) >= 11 is 0. The Bertz CT molecular complexity index is 1740. The SMILES string of the molecule is [C-]#[N+]c1ccc(-c2ccc(C3CCC4CCCCC4C3)cc2)c2oc3c(-c4cccc[n+]4C)c(C)ccc3c12. The van der Waals surface area contributed by atoms with Crippen molar-refractivity contribution in [2.75, 3.05) is 0 Å². The van der Waals surface area contributed by atoms with E-state index in [9.17, 15) is 0 Å². The van der Waals surface area contributed by atoms with Crippen LogP contribution in [0.5, 0.6) is 0 Å². The lowest BCUT2D eigenvalue weighted by atomic mass is 9.66. The third-order valence-electron chi connectivity index (χ3n) is 9.64. The van der Waals surface area contributed by atoms with Gasteiger partial charge in [0, 0.05) is 28.5 Å². The van der Waals surface area contributed by atoms with Gasteiger partial charge in [-0.2, -0.15) is 0 Å². The van der Waals surface area contributed by atoms with Crippen molar-refractivity contribution in [3.05, 3.63) is 95.5 Å². The molecule has 0 amide bonds. The lowest BCUT2D eigenvalue weighted by Crippen LogP contribution is -2.30. The Morgan fingerprint density at radius 2 is 1.67 bits per heavy atom. The van der Waals surface area contributed by atoms with E-state index < -0.39 is 0 Å². The molecule has 3 heteroatoms. The predicted molar refractivity (Wildman–Crippen MR) is 159 cm³/mol. The van der Waals surface area contributed by atoms with E-state index in [1.165, 1.54) is 50.5 Å². The molecule has 0 aliphatic heterocycles. The van der Waals surface area contributed by atoms with Crippen molar-refractivity contribution >= 4 is 27.6 Å². The van der Waals surface area contributed by atoms with E-state index >= 15 is 0 Å². The van der Waals surface area contributed by atoms with E-state index in [1.807, 2.05) is 12.1 Å². The molecule has 3 nitrogen and oxygen atoms in total. The van der Waals surface area contributed by atoms with Crippen LogP contribution in [0.4, 0.5) is 5.69 Å². The Kier molecular flexibility index (Phi) is 6.00. The summed E-state index contributed by atoms with van der Waals surface area (Å²) in [6.45, 7) is 10.0. The van der Waals surface area contributed by atoms with Crippen LogP contribution in [0.15, 0.2) is 77.3 Å². The molecule has 0 spiro atoms. The lowest BCUT2D eigenvalue weighted by molar-refractivity contribution is -0.660. The number of hydrogen-bond donors (Lipinski definition) is 0. The largest absolute Gasteiger partial charge is 0.456 e. The number of benzene rings is 3. The molecule has 5 aromatic rings. The van der Waals surface area contributed by atoms with Crippen molar-refractivity contribution in [3.8, 4) is 22.4 Å². The highest BCUT2D eigenvalue weighted by Crippen LogP contribution is 2.47. The number of rotatable bonds is 3. The molecule has 2 heterocycles. The zero-order valence-electron chi connectivity index (χ0n) is 22.9. The average Bonchev–Trinajstić information content (AvgIpc) is 3.37. The first-order chi connectivity index (χ1) is 19.1. The second-order valence-electron chi connectivity index (χ2n) is 11.8. The standard InChI is InChI=1S/C36H35N2O/c1-23-11-18-30-34-31(37-2)20-19-29(35(34)39-36(30)33(23)32-10-6-7-21-38(32)3)26-15-12-25(13-16-26)28-17-14-24-8-4-5-9-27(24)22-28/h6-7,10-13,15-16,18-21,24,27-28H,4-5,8-9,14,17,22H2,1,3H3/q+1. The van der Waals surface area contributed by atoms with Crippen LogP contribution < -0.4 is 4.57 Å². The third kappa shape index (κ3) is 4.05. The first-order valence-corrected chi connectivity index (χ1v) is 14.5. The van der Waals surface area contributed by atoms with Gasteiger partial charge < -0.3 is 4.42 Å². The summed E-state index contributed by atoms with van der Waals surface area (Å²) in [5.74, 6) is 2.59. The number of hydrogen-bond acceptors (Lipinski definition) is 1. The molecule has 0 saturated heterocycles. The number of aromatic nitrogens is 1. The third-order valence-corrected chi connectivity index (χ3v) is 9.64. The Balaban J connectivity index is 1.33. The Hall–Kier alpha value is -3.90. The van der Waals surface area contributed by atoms with Crippen molar-refractivity contribution in [1.29, 1.82) is 0 Å². The number of furan rings is 1. The topological polar surface area (TPSA) is 21.4 Å². The van der Waals surface area contributed by atoms with Gasteiger partial charge in [0.1, 0.15) is 18.2 Å². The molecule has 2 fully saturated rings. The van der Waals surface area contributed by atoms with Crippen LogP contribution >= 0.6 is 0 Å². The van der Waals surface area contributed by atoms with Crippen molar-refractivity contribution < 1.29 is 8.98 Å². The lowest BCUT2D eigenvalue weighted by Gasteiger charge is -2.39. The molecule has 2 aromatic heterocycles. The summed E-state index contributed by atoms with van der Waals surface area (Å²) in [5, 5.41) is 1.92. The van der Waals surface area contributed by atoms with Crippen LogP contribution in [0.25, 0.3) is 49.2 Å². The smallest absolute Gasteiger partial charge is 0.216 e. The van der Waals surface area contributed by atoms with Gasteiger partial charge in [-0.15, -0.1) is 0 Å². The summed E-state index contributed by atoms with van der Waals surface area (Å²) in [6.07, 6.45) is 11.9. The molecule has 3 aromatic carbocycles. The van der Waals surface area contributed by atoms with Crippen LogP contribution in [0, 0.1) is 25.3 Å². The Labute approximate surface area is 230 Å². The summed E-state index contributed by atoms with van der Waals surface area (Å²) in [6, 6.07) is 23.8.